The first kappa shape index (κ1) is 21.9. The van der Waals surface area contributed by atoms with Crippen molar-refractivity contribution in [2.24, 2.45) is 0 Å². The van der Waals surface area contributed by atoms with E-state index in [1.165, 1.54) is 12.1 Å². The Hall–Kier alpha value is -2.81. The maximum Gasteiger partial charge on any atom is 0.452 e. The van der Waals surface area contributed by atoms with Crippen LogP contribution >= 0.6 is 0 Å². The minimum atomic E-state index is -4.67. The van der Waals surface area contributed by atoms with Gasteiger partial charge in [-0.2, -0.15) is 13.2 Å². The van der Waals surface area contributed by atoms with Gasteiger partial charge in [0.25, 0.3) is 10.0 Å². The fourth-order valence-corrected chi connectivity index (χ4v) is 4.34. The van der Waals surface area contributed by atoms with E-state index in [9.17, 15) is 21.6 Å². The predicted octanol–water partition coefficient (Wildman–Crippen LogP) is 5.85. The molecule has 0 aliphatic carbocycles. The largest absolute Gasteiger partial charge is 0.452 e. The van der Waals surface area contributed by atoms with E-state index in [1.54, 1.807) is 25.1 Å². The number of aromatic nitrogens is 1. The normalized spacial score (nSPS) is 12.4. The number of benzene rings is 2. The number of halogens is 3. The summed E-state index contributed by atoms with van der Waals surface area (Å²) in [5.74, 6) is -0.937. The monoisotopic (exact) mass is 438 g/mol. The molecule has 1 heterocycles. The summed E-state index contributed by atoms with van der Waals surface area (Å²) >= 11 is 0. The van der Waals surface area contributed by atoms with Crippen molar-refractivity contribution in [3.05, 3.63) is 65.4 Å². The molecule has 0 bridgehead atoms. The van der Waals surface area contributed by atoms with Gasteiger partial charge < -0.3 is 4.52 Å². The highest BCUT2D eigenvalue weighted by Crippen LogP contribution is 2.33. The zero-order valence-corrected chi connectivity index (χ0v) is 17.4. The van der Waals surface area contributed by atoms with Crippen molar-refractivity contribution in [2.75, 3.05) is 4.72 Å². The Balaban J connectivity index is 1.97. The van der Waals surface area contributed by atoms with Crippen LogP contribution in [-0.4, -0.2) is 13.6 Å². The minimum absolute atomic E-state index is 0.0213. The Morgan fingerprint density at radius 1 is 1.07 bits per heavy atom. The van der Waals surface area contributed by atoms with Crippen LogP contribution in [0.3, 0.4) is 0 Å². The fourth-order valence-electron chi connectivity index (χ4n) is 2.95. The standard InChI is InChI=1S/C21H21F3N2O3S/c1-4-14-5-6-16(18-12-20(29-25-18)21(22,23)24)11-19(14)30(27,28)26-17-9-7-15(8-10-17)13(2)3/h5-13,26H,4H2,1-3H3. The second-order valence-corrected chi connectivity index (χ2v) is 8.78. The molecule has 0 aliphatic heterocycles. The molecule has 0 unspecified atom stereocenters. The number of rotatable bonds is 6. The molecule has 0 aliphatic rings. The van der Waals surface area contributed by atoms with Crippen LogP contribution in [0.1, 0.15) is 43.6 Å². The molecule has 0 spiro atoms. The molecule has 0 amide bonds. The van der Waals surface area contributed by atoms with Crippen LogP contribution in [0.2, 0.25) is 0 Å². The van der Waals surface area contributed by atoms with Crippen molar-refractivity contribution in [1.29, 1.82) is 0 Å². The van der Waals surface area contributed by atoms with Gasteiger partial charge in [0.1, 0.15) is 5.69 Å². The van der Waals surface area contributed by atoms with Gasteiger partial charge in [-0.15, -0.1) is 0 Å². The average Bonchev–Trinajstić information content (AvgIpc) is 3.18. The van der Waals surface area contributed by atoms with Gasteiger partial charge in [-0.25, -0.2) is 8.42 Å². The lowest BCUT2D eigenvalue weighted by Gasteiger charge is -2.13. The van der Waals surface area contributed by atoms with Crippen molar-refractivity contribution < 1.29 is 26.1 Å². The van der Waals surface area contributed by atoms with Crippen molar-refractivity contribution in [2.45, 2.75) is 44.2 Å². The molecule has 1 N–H and O–H groups in total. The van der Waals surface area contributed by atoms with E-state index < -0.39 is 22.0 Å². The quantitative estimate of drug-likeness (QED) is 0.524. The average molecular weight is 438 g/mol. The second kappa shape index (κ2) is 8.14. The van der Waals surface area contributed by atoms with Gasteiger partial charge >= 0.3 is 6.18 Å². The smallest absolute Gasteiger partial charge is 0.351 e. The molecule has 0 saturated carbocycles. The lowest BCUT2D eigenvalue weighted by atomic mass is 10.0. The number of alkyl halides is 3. The van der Waals surface area contributed by atoms with Gasteiger partial charge in [0.2, 0.25) is 5.76 Å². The summed E-state index contributed by atoms with van der Waals surface area (Å²) in [6, 6.07) is 12.2. The van der Waals surface area contributed by atoms with Gasteiger partial charge in [0, 0.05) is 17.3 Å². The number of nitrogens with one attached hydrogen (secondary N) is 1. The highest BCUT2D eigenvalue weighted by Gasteiger charge is 2.36. The summed E-state index contributed by atoms with van der Waals surface area (Å²) in [5.41, 5.74) is 2.11. The zero-order chi connectivity index (χ0) is 22.1. The van der Waals surface area contributed by atoms with Crippen LogP contribution in [-0.2, 0) is 22.6 Å². The van der Waals surface area contributed by atoms with Crippen LogP contribution < -0.4 is 4.72 Å². The predicted molar refractivity (Wildman–Crippen MR) is 108 cm³/mol. The summed E-state index contributed by atoms with van der Waals surface area (Å²) < 4.78 is 71.3. The minimum Gasteiger partial charge on any atom is -0.351 e. The molecule has 30 heavy (non-hydrogen) atoms. The summed E-state index contributed by atoms with van der Waals surface area (Å²) in [4.78, 5) is -0.0213. The number of hydrogen-bond acceptors (Lipinski definition) is 4. The van der Waals surface area contributed by atoms with Gasteiger partial charge in [0.15, 0.2) is 0 Å². The molecule has 3 rings (SSSR count). The Kier molecular flexibility index (Phi) is 5.94. The first-order valence-corrected chi connectivity index (χ1v) is 10.8. The van der Waals surface area contributed by atoms with E-state index in [4.69, 9.17) is 0 Å². The molecule has 1 aromatic heterocycles. The van der Waals surface area contributed by atoms with E-state index in [0.717, 1.165) is 11.6 Å². The van der Waals surface area contributed by atoms with Crippen molar-refractivity contribution in [3.63, 3.8) is 0 Å². The van der Waals surface area contributed by atoms with E-state index in [0.29, 0.717) is 23.6 Å². The van der Waals surface area contributed by atoms with E-state index in [1.807, 2.05) is 26.0 Å². The molecule has 0 fully saturated rings. The summed E-state index contributed by atoms with van der Waals surface area (Å²) in [6.07, 6.45) is -4.25. The van der Waals surface area contributed by atoms with Gasteiger partial charge in [0.05, 0.1) is 4.90 Å². The summed E-state index contributed by atoms with van der Waals surface area (Å²) in [6.45, 7) is 5.86. The van der Waals surface area contributed by atoms with E-state index in [-0.39, 0.29) is 16.2 Å². The maximum atomic E-state index is 13.0. The van der Waals surface area contributed by atoms with Crippen LogP contribution in [0.25, 0.3) is 11.3 Å². The highest BCUT2D eigenvalue weighted by molar-refractivity contribution is 7.92. The third-order valence-electron chi connectivity index (χ3n) is 4.65. The lowest BCUT2D eigenvalue weighted by Crippen LogP contribution is -2.15. The van der Waals surface area contributed by atoms with Crippen LogP contribution in [0.5, 0.6) is 0 Å². The molecule has 0 radical (unpaired) electrons. The number of anilines is 1. The number of hydrogen-bond donors (Lipinski definition) is 1. The number of aryl methyl sites for hydroxylation is 1. The third-order valence-corrected chi connectivity index (χ3v) is 6.12. The van der Waals surface area contributed by atoms with Gasteiger partial charge in [-0.1, -0.05) is 50.2 Å². The molecular formula is C21H21F3N2O3S. The van der Waals surface area contributed by atoms with E-state index >= 15 is 0 Å². The number of sulfonamides is 1. The molecule has 5 nitrogen and oxygen atoms in total. The van der Waals surface area contributed by atoms with Gasteiger partial charge in [-0.05, 0) is 41.7 Å². The molecule has 9 heteroatoms. The zero-order valence-electron chi connectivity index (χ0n) is 16.6. The topological polar surface area (TPSA) is 72.2 Å². The Morgan fingerprint density at radius 3 is 2.27 bits per heavy atom. The van der Waals surface area contributed by atoms with Crippen molar-refractivity contribution in [3.8, 4) is 11.3 Å². The van der Waals surface area contributed by atoms with E-state index in [2.05, 4.69) is 14.4 Å². The van der Waals surface area contributed by atoms with Crippen molar-refractivity contribution >= 4 is 15.7 Å². The summed E-state index contributed by atoms with van der Waals surface area (Å²) in [7, 11) is -3.97. The second-order valence-electron chi connectivity index (χ2n) is 7.13. The first-order valence-electron chi connectivity index (χ1n) is 9.31. The molecule has 0 saturated heterocycles. The van der Waals surface area contributed by atoms with Gasteiger partial charge in [-0.3, -0.25) is 4.72 Å². The lowest BCUT2D eigenvalue weighted by molar-refractivity contribution is -0.155. The maximum absolute atomic E-state index is 13.0. The van der Waals surface area contributed by atoms with Crippen LogP contribution in [0.4, 0.5) is 18.9 Å². The SMILES string of the molecule is CCc1ccc(-c2cc(C(F)(F)F)on2)cc1S(=O)(=O)Nc1ccc(C(C)C)cc1. The fraction of sp³-hybridized carbons (Fsp3) is 0.286. The highest BCUT2D eigenvalue weighted by atomic mass is 32.2. The van der Waals surface area contributed by atoms with Crippen LogP contribution in [0, 0.1) is 0 Å². The molecule has 0 atom stereocenters. The first-order chi connectivity index (χ1) is 14.0. The Labute approximate surface area is 173 Å². The molecule has 3 aromatic rings. The van der Waals surface area contributed by atoms with Crippen molar-refractivity contribution in [1.82, 2.24) is 5.16 Å². The molecular weight excluding hydrogens is 417 g/mol. The Morgan fingerprint density at radius 2 is 1.73 bits per heavy atom. The molecule has 160 valence electrons. The number of nitrogens with zero attached hydrogens (tertiary/aromatic N) is 1. The Bertz CT molecular complexity index is 1140. The third kappa shape index (κ3) is 4.67. The van der Waals surface area contributed by atoms with Crippen LogP contribution in [0.15, 0.2) is 57.9 Å². The summed E-state index contributed by atoms with van der Waals surface area (Å²) in [5, 5.41) is 3.43. The molecule has 2 aromatic carbocycles.